The van der Waals surface area contributed by atoms with Gasteiger partial charge in [0.25, 0.3) is 0 Å². The number of hydrogen-bond acceptors (Lipinski definition) is 3. The van der Waals surface area contributed by atoms with Gasteiger partial charge in [-0.25, -0.2) is 9.48 Å². The third-order valence-electron chi connectivity index (χ3n) is 5.71. The van der Waals surface area contributed by atoms with E-state index in [1.807, 2.05) is 0 Å². The van der Waals surface area contributed by atoms with E-state index in [-0.39, 0.29) is 34.9 Å². The van der Waals surface area contributed by atoms with E-state index in [1.165, 1.54) is 17.0 Å². The summed E-state index contributed by atoms with van der Waals surface area (Å²) >= 11 is 0. The largest absolute Gasteiger partial charge is 0.477 e. The number of aromatic carboxylic acids is 1. The SMILES string of the molecule is CC1CCC(C(=O)N(c2nn(-c3cccc(C(F)(F)F)c3)cc2C(=O)O)C(C)C)CC1. The van der Waals surface area contributed by atoms with E-state index in [0.717, 1.165) is 48.7 Å². The van der Waals surface area contributed by atoms with Crippen molar-refractivity contribution >= 4 is 17.7 Å². The summed E-state index contributed by atoms with van der Waals surface area (Å²) in [5, 5.41) is 13.9. The van der Waals surface area contributed by atoms with E-state index in [0.29, 0.717) is 5.92 Å². The molecule has 168 valence electrons. The molecule has 1 aliphatic carbocycles. The molecule has 1 heterocycles. The summed E-state index contributed by atoms with van der Waals surface area (Å²) in [6.07, 6.45) is -0.0992. The lowest BCUT2D eigenvalue weighted by Crippen LogP contribution is -2.43. The van der Waals surface area contributed by atoms with Crippen LogP contribution in [-0.2, 0) is 11.0 Å². The van der Waals surface area contributed by atoms with Gasteiger partial charge < -0.3 is 5.11 Å². The van der Waals surface area contributed by atoms with Crippen LogP contribution in [0, 0.1) is 11.8 Å². The minimum Gasteiger partial charge on any atom is -0.477 e. The molecule has 1 aromatic heterocycles. The molecule has 31 heavy (non-hydrogen) atoms. The number of benzene rings is 1. The van der Waals surface area contributed by atoms with Crippen LogP contribution in [0.25, 0.3) is 5.69 Å². The van der Waals surface area contributed by atoms with E-state index >= 15 is 0 Å². The molecule has 0 unspecified atom stereocenters. The van der Waals surface area contributed by atoms with Gasteiger partial charge in [0, 0.05) is 18.2 Å². The first-order chi connectivity index (χ1) is 14.5. The van der Waals surface area contributed by atoms with Crippen molar-refractivity contribution in [2.45, 2.75) is 58.7 Å². The van der Waals surface area contributed by atoms with E-state index in [1.54, 1.807) is 13.8 Å². The number of carboxylic acid groups (broad SMARTS) is 1. The monoisotopic (exact) mass is 437 g/mol. The van der Waals surface area contributed by atoms with Gasteiger partial charge >= 0.3 is 12.1 Å². The van der Waals surface area contributed by atoms with Crippen molar-refractivity contribution < 1.29 is 27.9 Å². The number of carbonyl (C=O) groups is 2. The normalized spacial score (nSPS) is 19.5. The quantitative estimate of drug-likeness (QED) is 0.701. The van der Waals surface area contributed by atoms with Crippen molar-refractivity contribution in [3.05, 3.63) is 41.6 Å². The lowest BCUT2D eigenvalue weighted by molar-refractivity contribution is -0.137. The molecule has 0 saturated heterocycles. The van der Waals surface area contributed by atoms with Crippen LogP contribution < -0.4 is 4.90 Å². The number of hydrogen-bond donors (Lipinski definition) is 1. The van der Waals surface area contributed by atoms with Crippen molar-refractivity contribution in [2.24, 2.45) is 11.8 Å². The van der Waals surface area contributed by atoms with Gasteiger partial charge in [-0.15, -0.1) is 5.10 Å². The molecule has 2 aromatic rings. The van der Waals surface area contributed by atoms with Gasteiger partial charge in [0.1, 0.15) is 5.56 Å². The number of amides is 1. The molecule has 6 nitrogen and oxygen atoms in total. The van der Waals surface area contributed by atoms with Crippen molar-refractivity contribution in [3.8, 4) is 5.69 Å². The average Bonchev–Trinajstić information content (AvgIpc) is 3.13. The van der Waals surface area contributed by atoms with E-state index in [9.17, 15) is 27.9 Å². The zero-order valence-electron chi connectivity index (χ0n) is 17.7. The number of alkyl halides is 3. The highest BCUT2D eigenvalue weighted by atomic mass is 19.4. The Morgan fingerprint density at radius 3 is 2.39 bits per heavy atom. The van der Waals surface area contributed by atoms with Crippen LogP contribution in [0.3, 0.4) is 0 Å². The third kappa shape index (κ3) is 4.91. The van der Waals surface area contributed by atoms with Crippen molar-refractivity contribution in [1.82, 2.24) is 9.78 Å². The number of carboxylic acids is 1. The van der Waals surface area contributed by atoms with Crippen molar-refractivity contribution in [1.29, 1.82) is 0 Å². The molecule has 1 N–H and O–H groups in total. The highest BCUT2D eigenvalue weighted by Gasteiger charge is 2.35. The van der Waals surface area contributed by atoms with Gasteiger partial charge in [-0.1, -0.05) is 13.0 Å². The molecule has 1 aromatic carbocycles. The first-order valence-electron chi connectivity index (χ1n) is 10.3. The second-order valence-electron chi connectivity index (χ2n) is 8.42. The maximum atomic E-state index is 13.3. The Bertz CT molecular complexity index is 960. The highest BCUT2D eigenvalue weighted by Crippen LogP contribution is 2.34. The van der Waals surface area contributed by atoms with E-state index in [4.69, 9.17) is 0 Å². The molecule has 3 rings (SSSR count). The smallest absolute Gasteiger partial charge is 0.416 e. The topological polar surface area (TPSA) is 75.4 Å². The minimum atomic E-state index is -4.54. The molecular weight excluding hydrogens is 411 g/mol. The van der Waals surface area contributed by atoms with Crippen molar-refractivity contribution in [2.75, 3.05) is 4.90 Å². The number of halogens is 3. The fourth-order valence-corrected chi connectivity index (χ4v) is 3.96. The Balaban J connectivity index is 2.02. The van der Waals surface area contributed by atoms with Gasteiger partial charge in [-0.3, -0.25) is 9.69 Å². The Kier molecular flexibility index (Phi) is 6.43. The fraction of sp³-hybridized carbons (Fsp3) is 0.500. The zero-order chi connectivity index (χ0) is 22.9. The average molecular weight is 437 g/mol. The number of carbonyl (C=O) groups excluding carboxylic acids is 1. The van der Waals surface area contributed by atoms with Gasteiger partial charge in [-0.05, 0) is 63.6 Å². The standard InChI is InChI=1S/C22H26F3N3O3/c1-13(2)28(20(29)15-9-7-14(3)8-10-15)19-18(21(30)31)12-27(26-19)17-6-4-5-16(11-17)22(23,24)25/h4-6,11-15H,7-10H2,1-3H3,(H,30,31). The predicted molar refractivity (Wildman–Crippen MR) is 109 cm³/mol. The first kappa shape index (κ1) is 22.8. The summed E-state index contributed by atoms with van der Waals surface area (Å²) in [7, 11) is 0. The minimum absolute atomic E-state index is 0.0523. The van der Waals surface area contributed by atoms with Crippen LogP contribution in [0.15, 0.2) is 30.5 Å². The molecule has 0 atom stereocenters. The van der Waals surface area contributed by atoms with Crippen LogP contribution in [0.5, 0.6) is 0 Å². The summed E-state index contributed by atoms with van der Waals surface area (Å²) in [6.45, 7) is 5.66. The lowest BCUT2D eigenvalue weighted by Gasteiger charge is -2.32. The summed E-state index contributed by atoms with van der Waals surface area (Å²) in [5.41, 5.74) is -1.04. The first-order valence-corrected chi connectivity index (χ1v) is 10.3. The van der Waals surface area contributed by atoms with Gasteiger partial charge in [-0.2, -0.15) is 13.2 Å². The van der Waals surface area contributed by atoms with E-state index in [2.05, 4.69) is 12.0 Å². The second-order valence-corrected chi connectivity index (χ2v) is 8.42. The van der Waals surface area contributed by atoms with Gasteiger partial charge in [0.15, 0.2) is 5.82 Å². The fourth-order valence-electron chi connectivity index (χ4n) is 3.96. The molecule has 1 fully saturated rings. The van der Waals surface area contributed by atoms with Crippen LogP contribution in [0.1, 0.15) is 62.4 Å². The maximum Gasteiger partial charge on any atom is 0.416 e. The van der Waals surface area contributed by atoms with Crippen LogP contribution >= 0.6 is 0 Å². The summed E-state index contributed by atoms with van der Waals surface area (Å²) in [6, 6.07) is 4.10. The summed E-state index contributed by atoms with van der Waals surface area (Å²) in [4.78, 5) is 26.5. The number of rotatable bonds is 5. The molecule has 0 radical (unpaired) electrons. The highest BCUT2D eigenvalue weighted by molar-refractivity contribution is 6.01. The van der Waals surface area contributed by atoms with Crippen LogP contribution in [0.4, 0.5) is 19.0 Å². The van der Waals surface area contributed by atoms with E-state index < -0.39 is 17.7 Å². The molecule has 0 bridgehead atoms. The van der Waals surface area contributed by atoms with Gasteiger partial charge in [0.05, 0.1) is 11.3 Å². The molecule has 1 saturated carbocycles. The van der Waals surface area contributed by atoms with Gasteiger partial charge in [0.2, 0.25) is 5.91 Å². The molecule has 9 heteroatoms. The van der Waals surface area contributed by atoms with Crippen LogP contribution in [0.2, 0.25) is 0 Å². The lowest BCUT2D eigenvalue weighted by atomic mass is 9.82. The maximum absolute atomic E-state index is 13.3. The molecular formula is C22H26F3N3O3. The summed E-state index contributed by atoms with van der Waals surface area (Å²) in [5.74, 6) is -1.23. The molecule has 1 amide bonds. The Morgan fingerprint density at radius 1 is 1.19 bits per heavy atom. The molecule has 0 spiro atoms. The second kappa shape index (κ2) is 8.72. The predicted octanol–water partition coefficient (Wildman–Crippen LogP) is 5.16. The zero-order valence-corrected chi connectivity index (χ0v) is 17.7. The molecule has 1 aliphatic rings. The number of anilines is 1. The molecule has 0 aliphatic heterocycles. The Morgan fingerprint density at radius 2 is 1.84 bits per heavy atom. The Hall–Kier alpha value is -2.84. The van der Waals surface area contributed by atoms with Crippen molar-refractivity contribution in [3.63, 3.8) is 0 Å². The number of aromatic nitrogens is 2. The van der Waals surface area contributed by atoms with Crippen LogP contribution in [-0.4, -0.2) is 32.8 Å². The third-order valence-corrected chi connectivity index (χ3v) is 5.71. The summed E-state index contributed by atoms with van der Waals surface area (Å²) < 4.78 is 40.4. The Labute approximate surface area is 178 Å². The number of nitrogens with zero attached hydrogens (tertiary/aromatic N) is 3.